The van der Waals surface area contributed by atoms with Gasteiger partial charge >= 0.3 is 0 Å². The van der Waals surface area contributed by atoms with E-state index in [1.165, 1.54) is 56.9 Å². The van der Waals surface area contributed by atoms with Gasteiger partial charge in [-0.2, -0.15) is 0 Å². The van der Waals surface area contributed by atoms with Crippen molar-refractivity contribution in [2.24, 2.45) is 58.0 Å². The van der Waals surface area contributed by atoms with Crippen molar-refractivity contribution in [2.75, 3.05) is 6.54 Å². The zero-order valence-electron chi connectivity index (χ0n) is 23.7. The molecule has 4 aliphatic rings. The van der Waals surface area contributed by atoms with Crippen LogP contribution < -0.4 is 16.6 Å². The fourth-order valence-electron chi connectivity index (χ4n) is 9.34. The van der Waals surface area contributed by atoms with Crippen LogP contribution in [0, 0.1) is 52.3 Å². The Balaban J connectivity index is 1.40. The minimum absolute atomic E-state index is 0.0459. The molecule has 0 aromatic heterocycles. The van der Waals surface area contributed by atoms with Crippen LogP contribution in [0.4, 0.5) is 0 Å². The van der Waals surface area contributed by atoms with Gasteiger partial charge in [-0.1, -0.05) is 65.5 Å². The summed E-state index contributed by atoms with van der Waals surface area (Å²) >= 11 is 0. The molecular weight excluding hydrogens is 446 g/mol. The molecule has 0 aliphatic heterocycles. The fraction of sp³-hybridized carbons (Fsp3) is 0.871. The summed E-state index contributed by atoms with van der Waals surface area (Å²) in [5.74, 6) is 4.68. The van der Waals surface area contributed by atoms with E-state index in [1.807, 2.05) is 0 Å². The SMILES string of the molecule is CC(C)CCC[C@@H](C)[C@H]1CCC2C3CC=C4CC(C(=O)NNC(=O)CCN)CC[C@]4(C)C3CC[C@@]21C. The summed E-state index contributed by atoms with van der Waals surface area (Å²) in [5.41, 5.74) is 12.9. The standard InChI is InChI=1S/C31H53N3O2/c1-20(2)7-6-8-21(3)25-11-12-26-24-10-9-23-19-22(29(36)34-33-28(35)15-18-32)13-16-30(23,4)27(24)14-17-31(25,26)5/h9,20-22,24-27H,6-8,10-19,32H2,1-5H3,(H,33,35)(H,34,36)/t21-,22?,24?,25-,26?,27?,30+,31-/m1/s1. The summed E-state index contributed by atoms with van der Waals surface area (Å²) in [5, 5.41) is 0. The van der Waals surface area contributed by atoms with Crippen molar-refractivity contribution in [2.45, 2.75) is 112 Å². The summed E-state index contributed by atoms with van der Waals surface area (Å²) in [6.07, 6.45) is 16.6. The van der Waals surface area contributed by atoms with Crippen molar-refractivity contribution >= 4 is 11.8 Å². The molecule has 0 radical (unpaired) electrons. The predicted octanol–water partition coefficient (Wildman–Crippen LogP) is 6.14. The molecule has 4 rings (SSSR count). The van der Waals surface area contributed by atoms with Crippen molar-refractivity contribution in [1.82, 2.24) is 10.9 Å². The van der Waals surface area contributed by atoms with Gasteiger partial charge in [0, 0.05) is 18.9 Å². The second kappa shape index (κ2) is 11.2. The van der Waals surface area contributed by atoms with Gasteiger partial charge < -0.3 is 5.73 Å². The largest absolute Gasteiger partial charge is 0.330 e. The molecule has 3 saturated carbocycles. The number of carbonyl (C=O) groups excluding carboxylic acids is 2. The van der Waals surface area contributed by atoms with E-state index < -0.39 is 0 Å². The molecule has 36 heavy (non-hydrogen) atoms. The van der Waals surface area contributed by atoms with Crippen LogP contribution in [0.15, 0.2) is 11.6 Å². The highest BCUT2D eigenvalue weighted by molar-refractivity contribution is 5.83. The van der Waals surface area contributed by atoms with Crippen LogP contribution in [-0.4, -0.2) is 18.4 Å². The Morgan fingerprint density at radius 3 is 2.53 bits per heavy atom. The zero-order valence-corrected chi connectivity index (χ0v) is 23.7. The number of nitrogens with two attached hydrogens (primary N) is 1. The first-order valence-electron chi connectivity index (χ1n) is 15.1. The lowest BCUT2D eigenvalue weighted by Crippen LogP contribution is -2.52. The number of carbonyl (C=O) groups is 2. The van der Waals surface area contributed by atoms with Crippen molar-refractivity contribution in [3.63, 3.8) is 0 Å². The first-order chi connectivity index (χ1) is 17.1. The minimum Gasteiger partial charge on any atom is -0.330 e. The third-order valence-corrected chi connectivity index (χ3v) is 11.4. The molecule has 5 nitrogen and oxygen atoms in total. The number of hydrogen-bond donors (Lipinski definition) is 3. The highest BCUT2D eigenvalue weighted by atomic mass is 16.2. The molecule has 0 heterocycles. The maximum Gasteiger partial charge on any atom is 0.241 e. The molecule has 0 bridgehead atoms. The van der Waals surface area contributed by atoms with Crippen LogP contribution in [0.3, 0.4) is 0 Å². The van der Waals surface area contributed by atoms with Gasteiger partial charge in [-0.05, 0) is 97.7 Å². The number of allylic oxidation sites excluding steroid dienone is 2. The van der Waals surface area contributed by atoms with Crippen LogP contribution in [0.2, 0.25) is 0 Å². The lowest BCUT2D eigenvalue weighted by Gasteiger charge is -2.58. The van der Waals surface area contributed by atoms with E-state index in [4.69, 9.17) is 5.73 Å². The highest BCUT2D eigenvalue weighted by Gasteiger charge is 2.59. The molecule has 4 unspecified atom stereocenters. The monoisotopic (exact) mass is 499 g/mol. The van der Waals surface area contributed by atoms with E-state index in [0.717, 1.165) is 54.8 Å². The van der Waals surface area contributed by atoms with Gasteiger partial charge in [0.25, 0.3) is 0 Å². The Kier molecular flexibility index (Phi) is 8.59. The second-order valence-corrected chi connectivity index (χ2v) is 13.8. The maximum atomic E-state index is 12.8. The van der Waals surface area contributed by atoms with E-state index in [9.17, 15) is 9.59 Å². The van der Waals surface area contributed by atoms with Crippen molar-refractivity contribution in [1.29, 1.82) is 0 Å². The van der Waals surface area contributed by atoms with Crippen LogP contribution in [0.5, 0.6) is 0 Å². The average Bonchev–Trinajstić information content (AvgIpc) is 3.19. The molecule has 0 aromatic rings. The Labute approximate surface area is 220 Å². The van der Waals surface area contributed by atoms with Gasteiger partial charge in [-0.15, -0.1) is 0 Å². The van der Waals surface area contributed by atoms with Crippen molar-refractivity contribution in [3.05, 3.63) is 11.6 Å². The van der Waals surface area contributed by atoms with Gasteiger partial charge in [0.1, 0.15) is 0 Å². The number of hydrazine groups is 1. The molecule has 0 aromatic carbocycles. The summed E-state index contributed by atoms with van der Waals surface area (Å²) in [4.78, 5) is 24.5. The molecule has 0 spiro atoms. The van der Waals surface area contributed by atoms with E-state index in [1.54, 1.807) is 0 Å². The van der Waals surface area contributed by atoms with Crippen LogP contribution >= 0.6 is 0 Å². The van der Waals surface area contributed by atoms with E-state index in [0.29, 0.717) is 5.41 Å². The molecular formula is C31H53N3O2. The molecule has 5 heteroatoms. The van der Waals surface area contributed by atoms with Crippen molar-refractivity contribution in [3.8, 4) is 0 Å². The summed E-state index contributed by atoms with van der Waals surface area (Å²) < 4.78 is 0. The predicted molar refractivity (Wildman–Crippen MR) is 146 cm³/mol. The summed E-state index contributed by atoms with van der Waals surface area (Å²) in [6, 6.07) is 0. The first-order valence-corrected chi connectivity index (χ1v) is 15.1. The van der Waals surface area contributed by atoms with Gasteiger partial charge in [0.2, 0.25) is 11.8 Å². The minimum atomic E-state index is -0.222. The molecule has 8 atom stereocenters. The quantitative estimate of drug-likeness (QED) is 0.277. The number of rotatable bonds is 8. The van der Waals surface area contributed by atoms with Crippen molar-refractivity contribution < 1.29 is 9.59 Å². The first kappa shape index (κ1) is 27.7. The maximum absolute atomic E-state index is 12.8. The molecule has 2 amide bonds. The molecule has 4 N–H and O–H groups in total. The lowest BCUT2D eigenvalue weighted by molar-refractivity contribution is -0.132. The topological polar surface area (TPSA) is 84.2 Å². The molecule has 204 valence electrons. The zero-order chi connectivity index (χ0) is 26.1. The third kappa shape index (κ3) is 5.28. The number of amides is 2. The smallest absolute Gasteiger partial charge is 0.241 e. The second-order valence-electron chi connectivity index (χ2n) is 13.8. The fourth-order valence-corrected chi connectivity index (χ4v) is 9.34. The number of nitrogens with one attached hydrogen (secondary N) is 2. The number of fused-ring (bicyclic) bond motifs is 5. The Hall–Kier alpha value is -1.36. The Morgan fingerprint density at radius 2 is 1.81 bits per heavy atom. The van der Waals surface area contributed by atoms with E-state index in [-0.39, 0.29) is 36.1 Å². The molecule has 4 aliphatic carbocycles. The summed E-state index contributed by atoms with van der Waals surface area (Å²) in [7, 11) is 0. The van der Waals surface area contributed by atoms with E-state index in [2.05, 4.69) is 51.5 Å². The third-order valence-electron chi connectivity index (χ3n) is 11.4. The Bertz CT molecular complexity index is 838. The lowest BCUT2D eigenvalue weighted by atomic mass is 9.46. The van der Waals surface area contributed by atoms with Crippen LogP contribution in [0.1, 0.15) is 112 Å². The summed E-state index contributed by atoms with van der Waals surface area (Å²) in [6.45, 7) is 12.7. The van der Waals surface area contributed by atoms with Crippen LogP contribution in [-0.2, 0) is 9.59 Å². The molecule has 0 saturated heterocycles. The van der Waals surface area contributed by atoms with E-state index >= 15 is 0 Å². The normalized spacial score (nSPS) is 38.4. The Morgan fingerprint density at radius 1 is 1.03 bits per heavy atom. The van der Waals surface area contributed by atoms with Gasteiger partial charge in [0.15, 0.2) is 0 Å². The highest BCUT2D eigenvalue weighted by Crippen LogP contribution is 2.67. The van der Waals surface area contributed by atoms with Gasteiger partial charge in [-0.3, -0.25) is 20.4 Å². The van der Waals surface area contributed by atoms with Crippen LogP contribution in [0.25, 0.3) is 0 Å². The van der Waals surface area contributed by atoms with Gasteiger partial charge in [0.05, 0.1) is 0 Å². The van der Waals surface area contributed by atoms with Gasteiger partial charge in [-0.25, -0.2) is 0 Å². The number of hydrogen-bond acceptors (Lipinski definition) is 3. The molecule has 3 fully saturated rings. The average molecular weight is 500 g/mol.